The van der Waals surface area contributed by atoms with Crippen LogP contribution in [0.25, 0.3) is 11.1 Å². The van der Waals surface area contributed by atoms with E-state index in [4.69, 9.17) is 4.42 Å². The van der Waals surface area contributed by atoms with Crippen molar-refractivity contribution in [3.05, 3.63) is 34.8 Å². The number of aliphatic hydroxyl groups excluding tert-OH is 1. The van der Waals surface area contributed by atoms with Gasteiger partial charge in [0.25, 0.3) is 0 Å². The molecule has 0 bridgehead atoms. The average molecular weight is 292 g/mol. The Bertz CT molecular complexity index is 672. The topological polar surface area (TPSA) is 84.5 Å². The summed E-state index contributed by atoms with van der Waals surface area (Å²) in [5.41, 5.74) is 1.19. The molecular weight excluding hydrogens is 272 g/mol. The molecule has 0 fully saturated rings. The van der Waals surface area contributed by atoms with Crippen LogP contribution in [-0.2, 0) is 11.3 Å². The van der Waals surface area contributed by atoms with Crippen LogP contribution in [0.4, 0.5) is 0 Å². The summed E-state index contributed by atoms with van der Waals surface area (Å²) >= 11 is 0. The molecule has 0 radical (unpaired) electrons. The Morgan fingerprint density at radius 1 is 1.38 bits per heavy atom. The molecule has 1 aromatic heterocycles. The van der Waals surface area contributed by atoms with Crippen molar-refractivity contribution in [2.24, 2.45) is 5.92 Å². The van der Waals surface area contributed by atoms with Crippen molar-refractivity contribution in [3.63, 3.8) is 0 Å². The normalized spacial score (nSPS) is 12.8. The number of hydrogen-bond donors (Lipinski definition) is 2. The van der Waals surface area contributed by atoms with Gasteiger partial charge in [0.1, 0.15) is 0 Å². The molecule has 2 aromatic rings. The Hall–Kier alpha value is -2.08. The lowest BCUT2D eigenvalue weighted by Crippen LogP contribution is -2.35. The van der Waals surface area contributed by atoms with Crippen molar-refractivity contribution in [2.45, 2.75) is 32.9 Å². The van der Waals surface area contributed by atoms with Crippen molar-refractivity contribution in [1.29, 1.82) is 0 Å². The minimum absolute atomic E-state index is 0.0886. The first-order chi connectivity index (χ1) is 9.99. The minimum Gasteiger partial charge on any atom is -0.408 e. The number of carbonyl (C=O) groups excluding carboxylic acids is 1. The summed E-state index contributed by atoms with van der Waals surface area (Å²) in [4.78, 5) is 23.5. The number of nitrogens with one attached hydrogen (secondary N) is 1. The molecule has 0 aliphatic carbocycles. The van der Waals surface area contributed by atoms with E-state index in [0.29, 0.717) is 11.1 Å². The number of benzene rings is 1. The van der Waals surface area contributed by atoms with Crippen LogP contribution >= 0.6 is 0 Å². The van der Waals surface area contributed by atoms with E-state index in [-0.39, 0.29) is 31.3 Å². The zero-order valence-electron chi connectivity index (χ0n) is 12.2. The second-order valence-corrected chi connectivity index (χ2v) is 5.35. The number of rotatable bonds is 6. The number of aryl methyl sites for hydroxylation is 1. The van der Waals surface area contributed by atoms with Gasteiger partial charge in [0, 0.05) is 19.5 Å². The summed E-state index contributed by atoms with van der Waals surface area (Å²) in [6, 6.07) is 7.09. The van der Waals surface area contributed by atoms with Gasteiger partial charge in [-0.3, -0.25) is 9.36 Å². The minimum atomic E-state index is -0.563. The fourth-order valence-corrected chi connectivity index (χ4v) is 1.98. The van der Waals surface area contributed by atoms with Crippen molar-refractivity contribution >= 4 is 17.0 Å². The lowest BCUT2D eigenvalue weighted by atomic mass is 10.1. The highest BCUT2D eigenvalue weighted by Gasteiger charge is 2.12. The van der Waals surface area contributed by atoms with Gasteiger partial charge in [-0.05, 0) is 18.1 Å². The summed E-state index contributed by atoms with van der Waals surface area (Å²) in [7, 11) is 0. The van der Waals surface area contributed by atoms with E-state index in [1.807, 2.05) is 19.9 Å². The van der Waals surface area contributed by atoms with E-state index < -0.39 is 11.9 Å². The van der Waals surface area contributed by atoms with Crippen molar-refractivity contribution in [1.82, 2.24) is 9.88 Å². The van der Waals surface area contributed by atoms with Gasteiger partial charge in [0.05, 0.1) is 11.6 Å². The smallest absolute Gasteiger partial charge is 0.408 e. The molecule has 0 saturated carbocycles. The Morgan fingerprint density at radius 2 is 2.10 bits per heavy atom. The van der Waals surface area contributed by atoms with E-state index in [1.165, 1.54) is 4.57 Å². The van der Waals surface area contributed by atoms with Crippen LogP contribution in [0.15, 0.2) is 33.5 Å². The van der Waals surface area contributed by atoms with Crippen LogP contribution in [0.1, 0.15) is 20.3 Å². The Kier molecular flexibility index (Phi) is 4.80. The van der Waals surface area contributed by atoms with Crippen LogP contribution in [0.5, 0.6) is 0 Å². The van der Waals surface area contributed by atoms with Gasteiger partial charge < -0.3 is 14.8 Å². The first-order valence-corrected chi connectivity index (χ1v) is 7.02. The van der Waals surface area contributed by atoms with Gasteiger partial charge in [-0.25, -0.2) is 4.79 Å². The summed E-state index contributed by atoms with van der Waals surface area (Å²) in [6.07, 6.45) is -0.403. The molecule has 21 heavy (non-hydrogen) atoms. The molecule has 114 valence electrons. The molecule has 6 nitrogen and oxygen atoms in total. The van der Waals surface area contributed by atoms with E-state index in [2.05, 4.69) is 5.32 Å². The Labute approximate surface area is 122 Å². The third-order valence-corrected chi connectivity index (χ3v) is 3.41. The molecule has 6 heteroatoms. The van der Waals surface area contributed by atoms with Gasteiger partial charge in [-0.1, -0.05) is 26.0 Å². The van der Waals surface area contributed by atoms with Crippen LogP contribution in [0, 0.1) is 5.92 Å². The molecule has 0 aliphatic rings. The summed E-state index contributed by atoms with van der Waals surface area (Å²) in [5.74, 6) is -0.580. The maximum absolute atomic E-state index is 11.7. The Morgan fingerprint density at radius 3 is 2.81 bits per heavy atom. The molecule has 2 N–H and O–H groups in total. The van der Waals surface area contributed by atoms with Crippen molar-refractivity contribution < 1.29 is 14.3 Å². The highest BCUT2D eigenvalue weighted by atomic mass is 16.4. The van der Waals surface area contributed by atoms with Crippen LogP contribution in [0.2, 0.25) is 0 Å². The van der Waals surface area contributed by atoms with Crippen LogP contribution in [-0.4, -0.2) is 28.2 Å². The zero-order chi connectivity index (χ0) is 15.4. The van der Waals surface area contributed by atoms with Crippen LogP contribution < -0.4 is 11.1 Å². The quantitative estimate of drug-likeness (QED) is 0.835. The SMILES string of the molecule is CC(C)C(O)CNC(=O)CCn1c(=O)oc2ccccc21. The number of nitrogens with zero attached hydrogens (tertiary/aromatic N) is 1. The first-order valence-electron chi connectivity index (χ1n) is 7.02. The van der Waals surface area contributed by atoms with E-state index in [1.54, 1.807) is 18.2 Å². The van der Waals surface area contributed by atoms with Crippen LogP contribution in [0.3, 0.4) is 0 Å². The maximum atomic E-state index is 11.7. The zero-order valence-corrected chi connectivity index (χ0v) is 12.2. The second-order valence-electron chi connectivity index (χ2n) is 5.35. The monoisotopic (exact) mass is 292 g/mol. The maximum Gasteiger partial charge on any atom is 0.419 e. The van der Waals surface area contributed by atoms with Gasteiger partial charge >= 0.3 is 5.76 Å². The lowest BCUT2D eigenvalue weighted by molar-refractivity contribution is -0.121. The molecular formula is C15H20N2O4. The number of fused-ring (bicyclic) bond motifs is 1. The van der Waals surface area contributed by atoms with Crippen molar-refractivity contribution in [3.8, 4) is 0 Å². The largest absolute Gasteiger partial charge is 0.419 e. The van der Waals surface area contributed by atoms with E-state index >= 15 is 0 Å². The number of amides is 1. The van der Waals surface area contributed by atoms with E-state index in [0.717, 1.165) is 0 Å². The molecule has 2 rings (SSSR count). The second kappa shape index (κ2) is 6.58. The van der Waals surface area contributed by atoms with Gasteiger partial charge in [-0.15, -0.1) is 0 Å². The number of aliphatic hydroxyl groups is 1. The number of carbonyl (C=O) groups is 1. The third kappa shape index (κ3) is 3.72. The molecule has 1 unspecified atom stereocenters. The first kappa shape index (κ1) is 15.3. The van der Waals surface area contributed by atoms with Crippen molar-refractivity contribution in [2.75, 3.05) is 6.54 Å². The molecule has 1 amide bonds. The highest BCUT2D eigenvalue weighted by Crippen LogP contribution is 2.11. The van der Waals surface area contributed by atoms with Gasteiger partial charge in [0.2, 0.25) is 5.91 Å². The predicted octanol–water partition coefficient (Wildman–Crippen LogP) is 1.12. The fourth-order valence-electron chi connectivity index (χ4n) is 1.98. The molecule has 1 aromatic carbocycles. The molecule has 0 saturated heterocycles. The standard InChI is InChI=1S/C15H20N2O4/c1-10(2)12(18)9-16-14(19)7-8-17-11-5-3-4-6-13(11)21-15(17)20/h3-6,10,12,18H,7-9H2,1-2H3,(H,16,19). The van der Waals surface area contributed by atoms with E-state index in [9.17, 15) is 14.7 Å². The molecule has 0 spiro atoms. The number of aromatic nitrogens is 1. The lowest BCUT2D eigenvalue weighted by Gasteiger charge is -2.14. The fraction of sp³-hybridized carbons (Fsp3) is 0.467. The summed E-state index contributed by atoms with van der Waals surface area (Å²) in [5, 5.41) is 12.3. The predicted molar refractivity (Wildman–Crippen MR) is 78.9 cm³/mol. The third-order valence-electron chi connectivity index (χ3n) is 3.41. The molecule has 1 atom stereocenters. The molecule has 0 aliphatic heterocycles. The number of para-hydroxylation sites is 2. The highest BCUT2D eigenvalue weighted by molar-refractivity contribution is 5.76. The summed E-state index contributed by atoms with van der Waals surface area (Å²) < 4.78 is 6.53. The van der Waals surface area contributed by atoms with Gasteiger partial charge in [-0.2, -0.15) is 0 Å². The Balaban J connectivity index is 1.94. The molecule has 1 heterocycles. The average Bonchev–Trinajstić information content (AvgIpc) is 2.77. The van der Waals surface area contributed by atoms with Gasteiger partial charge in [0.15, 0.2) is 5.58 Å². The summed E-state index contributed by atoms with van der Waals surface area (Å²) in [6.45, 7) is 4.24. The number of hydrogen-bond acceptors (Lipinski definition) is 4. The number of oxazole rings is 1.